The van der Waals surface area contributed by atoms with Crippen LogP contribution in [-0.2, 0) is 11.2 Å². The van der Waals surface area contributed by atoms with E-state index in [4.69, 9.17) is 15.2 Å². The molecule has 2 atom stereocenters. The van der Waals surface area contributed by atoms with E-state index in [9.17, 15) is 4.39 Å². The summed E-state index contributed by atoms with van der Waals surface area (Å²) in [6.45, 7) is 0.653. The first-order chi connectivity index (χ1) is 8.72. The van der Waals surface area contributed by atoms with Crippen molar-refractivity contribution in [2.75, 3.05) is 13.7 Å². The Bertz CT molecular complexity index is 397. The second-order valence-corrected chi connectivity index (χ2v) is 4.70. The smallest absolute Gasteiger partial charge is 0.123 e. The molecule has 0 unspecified atom stereocenters. The van der Waals surface area contributed by atoms with Gasteiger partial charge < -0.3 is 15.2 Å². The van der Waals surface area contributed by atoms with Crippen molar-refractivity contribution in [2.45, 2.75) is 37.9 Å². The minimum Gasteiger partial charge on any atom is -0.496 e. The van der Waals surface area contributed by atoms with Crippen molar-refractivity contribution in [1.29, 1.82) is 0 Å². The van der Waals surface area contributed by atoms with Crippen molar-refractivity contribution in [1.82, 2.24) is 0 Å². The summed E-state index contributed by atoms with van der Waals surface area (Å²) in [5.74, 6) is 0.490. The van der Waals surface area contributed by atoms with E-state index in [-0.39, 0.29) is 18.0 Å². The fourth-order valence-electron chi connectivity index (χ4n) is 2.48. The first kappa shape index (κ1) is 13.3. The molecule has 0 saturated carbocycles. The zero-order chi connectivity index (χ0) is 13.0. The number of rotatable bonds is 5. The predicted molar refractivity (Wildman–Crippen MR) is 68.2 cm³/mol. The largest absolute Gasteiger partial charge is 0.496 e. The van der Waals surface area contributed by atoms with Gasteiger partial charge in [0.2, 0.25) is 0 Å². The number of nitrogens with two attached hydrogens (primary N) is 1. The lowest BCUT2D eigenvalue weighted by Gasteiger charge is -2.15. The lowest BCUT2D eigenvalue weighted by Crippen LogP contribution is -2.17. The molecule has 0 amide bonds. The van der Waals surface area contributed by atoms with Crippen LogP contribution in [0.25, 0.3) is 0 Å². The van der Waals surface area contributed by atoms with Crippen LogP contribution in [0.5, 0.6) is 5.75 Å². The molecule has 1 aromatic carbocycles. The first-order valence-corrected chi connectivity index (χ1v) is 6.41. The molecule has 1 aromatic rings. The third-order valence-corrected chi connectivity index (χ3v) is 3.37. The molecule has 0 aromatic heterocycles. The molecule has 0 radical (unpaired) electrons. The number of halogens is 1. The Morgan fingerprint density at radius 2 is 2.17 bits per heavy atom. The highest BCUT2D eigenvalue weighted by atomic mass is 19.1. The van der Waals surface area contributed by atoms with Crippen LogP contribution in [0.15, 0.2) is 18.2 Å². The molecule has 3 nitrogen and oxygen atoms in total. The molecule has 4 heteroatoms. The summed E-state index contributed by atoms with van der Waals surface area (Å²) in [5, 5.41) is 0. The maximum absolute atomic E-state index is 13.2. The minimum absolute atomic E-state index is 0.150. The molecule has 2 rings (SSSR count). The average Bonchev–Trinajstić information content (AvgIpc) is 2.77. The highest BCUT2D eigenvalue weighted by molar-refractivity contribution is 5.34. The Kier molecular flexibility index (Phi) is 4.55. The molecule has 18 heavy (non-hydrogen) atoms. The highest BCUT2D eigenvalue weighted by Gasteiger charge is 2.25. The molecule has 1 saturated heterocycles. The topological polar surface area (TPSA) is 44.5 Å². The van der Waals surface area contributed by atoms with E-state index in [1.165, 1.54) is 12.1 Å². The molecule has 100 valence electrons. The van der Waals surface area contributed by atoms with Crippen LogP contribution in [0.2, 0.25) is 0 Å². The summed E-state index contributed by atoms with van der Waals surface area (Å²) in [5.41, 5.74) is 6.39. The SMILES string of the molecule is COc1ccc(F)cc1C[C@H]1CC[C@@H](CCN)O1. The number of ether oxygens (including phenoxy) is 2. The van der Waals surface area contributed by atoms with Gasteiger partial charge in [0.05, 0.1) is 19.3 Å². The van der Waals surface area contributed by atoms with Crippen molar-refractivity contribution in [3.05, 3.63) is 29.6 Å². The standard InChI is InChI=1S/C14H20FNO2/c1-17-14-5-2-11(15)8-10(14)9-13-4-3-12(18-13)6-7-16/h2,5,8,12-13H,3-4,6-7,9,16H2,1H3/t12-,13+/m0/s1. The van der Waals surface area contributed by atoms with Gasteiger partial charge in [0, 0.05) is 6.42 Å². The van der Waals surface area contributed by atoms with Gasteiger partial charge in [-0.15, -0.1) is 0 Å². The highest BCUT2D eigenvalue weighted by Crippen LogP contribution is 2.28. The van der Waals surface area contributed by atoms with E-state index in [1.807, 2.05) is 0 Å². The van der Waals surface area contributed by atoms with E-state index in [1.54, 1.807) is 13.2 Å². The molecule has 0 aliphatic carbocycles. The van der Waals surface area contributed by atoms with Crippen molar-refractivity contribution in [3.63, 3.8) is 0 Å². The van der Waals surface area contributed by atoms with Crippen molar-refractivity contribution in [3.8, 4) is 5.75 Å². The van der Waals surface area contributed by atoms with Gasteiger partial charge in [0.1, 0.15) is 11.6 Å². The number of methoxy groups -OCH3 is 1. The second kappa shape index (κ2) is 6.16. The Morgan fingerprint density at radius 3 is 2.89 bits per heavy atom. The zero-order valence-corrected chi connectivity index (χ0v) is 10.7. The average molecular weight is 253 g/mol. The van der Waals surface area contributed by atoms with Crippen molar-refractivity contribution < 1.29 is 13.9 Å². The molecule has 1 aliphatic heterocycles. The molecule has 1 aliphatic rings. The Hall–Kier alpha value is -1.13. The van der Waals surface area contributed by atoms with E-state index in [0.717, 1.165) is 30.6 Å². The van der Waals surface area contributed by atoms with Crippen LogP contribution in [0, 0.1) is 5.82 Å². The van der Waals surface area contributed by atoms with E-state index in [2.05, 4.69) is 0 Å². The summed E-state index contributed by atoms with van der Waals surface area (Å²) >= 11 is 0. The van der Waals surface area contributed by atoms with Crippen LogP contribution in [0.1, 0.15) is 24.8 Å². The summed E-state index contributed by atoms with van der Waals surface area (Å²) in [6.07, 6.45) is 4.06. The van der Waals surface area contributed by atoms with Gasteiger partial charge in [0.15, 0.2) is 0 Å². The molecular formula is C14H20FNO2. The Balaban J connectivity index is 1.99. The van der Waals surface area contributed by atoms with Crippen molar-refractivity contribution in [2.24, 2.45) is 5.73 Å². The van der Waals surface area contributed by atoms with Crippen LogP contribution in [0.3, 0.4) is 0 Å². The number of benzene rings is 1. The van der Waals surface area contributed by atoms with Crippen LogP contribution in [0.4, 0.5) is 4.39 Å². The van der Waals surface area contributed by atoms with Crippen LogP contribution in [-0.4, -0.2) is 25.9 Å². The van der Waals surface area contributed by atoms with Gasteiger partial charge in [-0.2, -0.15) is 0 Å². The second-order valence-electron chi connectivity index (χ2n) is 4.70. The van der Waals surface area contributed by atoms with Gasteiger partial charge in [-0.1, -0.05) is 0 Å². The third kappa shape index (κ3) is 3.21. The van der Waals surface area contributed by atoms with Crippen LogP contribution < -0.4 is 10.5 Å². The monoisotopic (exact) mass is 253 g/mol. The fraction of sp³-hybridized carbons (Fsp3) is 0.571. The lowest BCUT2D eigenvalue weighted by molar-refractivity contribution is 0.0422. The quantitative estimate of drug-likeness (QED) is 0.875. The van der Waals surface area contributed by atoms with E-state index < -0.39 is 0 Å². The minimum atomic E-state index is -0.234. The summed E-state index contributed by atoms with van der Waals surface area (Å²) < 4.78 is 24.4. The lowest BCUT2D eigenvalue weighted by atomic mass is 10.0. The molecule has 0 spiro atoms. The summed E-state index contributed by atoms with van der Waals surface area (Å²) in [7, 11) is 1.60. The first-order valence-electron chi connectivity index (χ1n) is 6.41. The molecule has 1 heterocycles. The van der Waals surface area contributed by atoms with E-state index >= 15 is 0 Å². The molecular weight excluding hydrogens is 233 g/mol. The van der Waals surface area contributed by atoms with Gasteiger partial charge in [0.25, 0.3) is 0 Å². The Labute approximate surface area is 107 Å². The zero-order valence-electron chi connectivity index (χ0n) is 10.7. The maximum atomic E-state index is 13.2. The summed E-state index contributed by atoms with van der Waals surface area (Å²) in [6, 6.07) is 4.60. The molecule has 2 N–H and O–H groups in total. The maximum Gasteiger partial charge on any atom is 0.123 e. The number of hydrogen-bond acceptors (Lipinski definition) is 3. The predicted octanol–water partition coefficient (Wildman–Crippen LogP) is 2.27. The van der Waals surface area contributed by atoms with Gasteiger partial charge in [-0.3, -0.25) is 0 Å². The van der Waals surface area contributed by atoms with Crippen LogP contribution >= 0.6 is 0 Å². The van der Waals surface area contributed by atoms with Gasteiger partial charge >= 0.3 is 0 Å². The molecule has 0 bridgehead atoms. The van der Waals surface area contributed by atoms with E-state index in [0.29, 0.717) is 13.0 Å². The number of hydrogen-bond donors (Lipinski definition) is 1. The molecule has 1 fully saturated rings. The van der Waals surface area contributed by atoms with Crippen molar-refractivity contribution >= 4 is 0 Å². The summed E-state index contributed by atoms with van der Waals surface area (Å²) in [4.78, 5) is 0. The fourth-order valence-corrected chi connectivity index (χ4v) is 2.48. The van der Waals surface area contributed by atoms with Gasteiger partial charge in [-0.05, 0) is 49.6 Å². The Morgan fingerprint density at radius 1 is 1.39 bits per heavy atom. The normalized spacial score (nSPS) is 23.3. The van der Waals surface area contributed by atoms with Gasteiger partial charge in [-0.25, -0.2) is 4.39 Å². The third-order valence-electron chi connectivity index (χ3n) is 3.37.